The van der Waals surface area contributed by atoms with Crippen LogP contribution in [-0.2, 0) is 4.74 Å². The Balaban J connectivity index is 2.26. The summed E-state index contributed by atoms with van der Waals surface area (Å²) in [6.45, 7) is 2.11. The molecule has 2 rings (SSSR count). The Morgan fingerprint density at radius 2 is 2.40 bits per heavy atom. The van der Waals surface area contributed by atoms with Crippen molar-refractivity contribution in [1.29, 1.82) is 0 Å². The van der Waals surface area contributed by atoms with Crippen LogP contribution in [-0.4, -0.2) is 32.0 Å². The van der Waals surface area contributed by atoms with Crippen LogP contribution in [0.1, 0.15) is 11.6 Å². The molecular formula is C11H15NO3. The number of phenolic OH excluding ortho intramolecular Hbond substituents is 1. The number of aromatic hydroxyl groups is 1. The predicted molar refractivity (Wildman–Crippen MR) is 56.2 cm³/mol. The first kappa shape index (κ1) is 10.3. The molecule has 0 saturated carbocycles. The number of rotatable bonds is 2. The molecule has 1 fully saturated rings. The lowest BCUT2D eigenvalue weighted by atomic mass is 10.1. The van der Waals surface area contributed by atoms with E-state index in [4.69, 9.17) is 9.47 Å². The van der Waals surface area contributed by atoms with Crippen LogP contribution in [0.25, 0.3) is 0 Å². The summed E-state index contributed by atoms with van der Waals surface area (Å²) in [5.41, 5.74) is 0.828. The first-order chi connectivity index (χ1) is 7.33. The molecule has 0 unspecified atom stereocenters. The molecule has 0 spiro atoms. The van der Waals surface area contributed by atoms with E-state index >= 15 is 0 Å². The third kappa shape index (κ3) is 2.06. The molecule has 1 aromatic carbocycles. The van der Waals surface area contributed by atoms with Gasteiger partial charge in [0.1, 0.15) is 0 Å². The minimum absolute atomic E-state index is 0.0499. The van der Waals surface area contributed by atoms with Crippen molar-refractivity contribution in [2.45, 2.75) is 6.04 Å². The second-order valence-corrected chi connectivity index (χ2v) is 3.48. The molecule has 15 heavy (non-hydrogen) atoms. The van der Waals surface area contributed by atoms with Gasteiger partial charge in [0.15, 0.2) is 11.5 Å². The lowest BCUT2D eigenvalue weighted by Gasteiger charge is -2.25. The summed E-state index contributed by atoms with van der Waals surface area (Å²) in [6, 6.07) is 5.53. The molecule has 0 bridgehead atoms. The molecule has 0 amide bonds. The molecule has 1 aromatic rings. The molecule has 4 heteroatoms. The normalized spacial score (nSPS) is 21.3. The fourth-order valence-corrected chi connectivity index (χ4v) is 1.75. The summed E-state index contributed by atoms with van der Waals surface area (Å²) >= 11 is 0. The number of hydrogen-bond donors (Lipinski definition) is 2. The van der Waals surface area contributed by atoms with Crippen molar-refractivity contribution in [2.24, 2.45) is 0 Å². The molecular weight excluding hydrogens is 194 g/mol. The van der Waals surface area contributed by atoms with Crippen LogP contribution in [0.5, 0.6) is 11.5 Å². The summed E-state index contributed by atoms with van der Waals surface area (Å²) in [7, 11) is 1.55. The van der Waals surface area contributed by atoms with Crippen molar-refractivity contribution in [3.05, 3.63) is 23.8 Å². The second-order valence-electron chi connectivity index (χ2n) is 3.48. The molecule has 1 aliphatic rings. The van der Waals surface area contributed by atoms with Gasteiger partial charge in [-0.2, -0.15) is 0 Å². The molecule has 4 nitrogen and oxygen atoms in total. The van der Waals surface area contributed by atoms with Crippen LogP contribution < -0.4 is 10.1 Å². The Hall–Kier alpha value is -1.26. The standard InChI is InChI=1S/C11H15NO3/c1-14-10-4-2-3-8(11(10)13)9-7-15-6-5-12-9/h2-4,9,12-13H,5-7H2,1H3/t9-/m1/s1. The van der Waals surface area contributed by atoms with Crippen molar-refractivity contribution >= 4 is 0 Å². The van der Waals surface area contributed by atoms with Crippen LogP contribution in [0.15, 0.2) is 18.2 Å². The second kappa shape index (κ2) is 4.51. The summed E-state index contributed by atoms with van der Waals surface area (Å²) in [5, 5.41) is 13.2. The highest BCUT2D eigenvalue weighted by Crippen LogP contribution is 2.33. The Morgan fingerprint density at radius 1 is 1.53 bits per heavy atom. The molecule has 0 aliphatic carbocycles. The third-order valence-corrected chi connectivity index (χ3v) is 2.55. The van der Waals surface area contributed by atoms with Crippen molar-refractivity contribution in [3.63, 3.8) is 0 Å². The highest BCUT2D eigenvalue weighted by molar-refractivity contribution is 5.47. The molecule has 1 atom stereocenters. The Labute approximate surface area is 88.8 Å². The van der Waals surface area contributed by atoms with Gasteiger partial charge in [-0.15, -0.1) is 0 Å². The van der Waals surface area contributed by atoms with Crippen molar-refractivity contribution in [2.75, 3.05) is 26.9 Å². The van der Waals surface area contributed by atoms with E-state index in [1.807, 2.05) is 12.1 Å². The molecule has 1 aliphatic heterocycles. The maximum Gasteiger partial charge on any atom is 0.162 e. The summed E-state index contributed by atoms with van der Waals surface area (Å²) < 4.78 is 10.4. The summed E-state index contributed by atoms with van der Waals surface area (Å²) in [6.07, 6.45) is 0. The van der Waals surface area contributed by atoms with Crippen molar-refractivity contribution in [1.82, 2.24) is 5.32 Å². The number of nitrogens with one attached hydrogen (secondary N) is 1. The maximum absolute atomic E-state index is 9.92. The average molecular weight is 209 g/mol. The lowest BCUT2D eigenvalue weighted by Crippen LogP contribution is -2.34. The first-order valence-electron chi connectivity index (χ1n) is 5.00. The van der Waals surface area contributed by atoms with E-state index in [9.17, 15) is 5.11 Å². The minimum atomic E-state index is 0.0499. The summed E-state index contributed by atoms with van der Waals surface area (Å²) in [5.74, 6) is 0.697. The molecule has 1 heterocycles. The van der Waals surface area contributed by atoms with Crippen LogP contribution >= 0.6 is 0 Å². The van der Waals surface area contributed by atoms with Gasteiger partial charge in [-0.1, -0.05) is 12.1 Å². The Kier molecular flexibility index (Phi) is 3.08. The van der Waals surface area contributed by atoms with E-state index in [-0.39, 0.29) is 11.8 Å². The zero-order valence-electron chi connectivity index (χ0n) is 8.69. The Morgan fingerprint density at radius 3 is 3.07 bits per heavy atom. The number of ether oxygens (including phenoxy) is 2. The van der Waals surface area contributed by atoms with Crippen LogP contribution in [0, 0.1) is 0 Å². The topological polar surface area (TPSA) is 50.7 Å². The van der Waals surface area contributed by atoms with E-state index in [1.54, 1.807) is 13.2 Å². The molecule has 0 radical (unpaired) electrons. The number of hydrogen-bond acceptors (Lipinski definition) is 4. The van der Waals surface area contributed by atoms with E-state index < -0.39 is 0 Å². The number of methoxy groups -OCH3 is 1. The molecule has 2 N–H and O–H groups in total. The van der Waals surface area contributed by atoms with E-state index in [0.717, 1.165) is 18.7 Å². The quantitative estimate of drug-likeness (QED) is 0.764. The van der Waals surface area contributed by atoms with Crippen molar-refractivity contribution < 1.29 is 14.6 Å². The number of phenols is 1. The average Bonchev–Trinajstić information content (AvgIpc) is 2.30. The van der Waals surface area contributed by atoms with Gasteiger partial charge in [0.05, 0.1) is 26.4 Å². The minimum Gasteiger partial charge on any atom is -0.504 e. The van der Waals surface area contributed by atoms with Gasteiger partial charge < -0.3 is 19.9 Å². The van der Waals surface area contributed by atoms with Gasteiger partial charge in [0.2, 0.25) is 0 Å². The van der Waals surface area contributed by atoms with Gasteiger partial charge >= 0.3 is 0 Å². The van der Waals surface area contributed by atoms with Gasteiger partial charge in [0, 0.05) is 12.1 Å². The predicted octanol–water partition coefficient (Wildman–Crippen LogP) is 1.06. The number of benzene rings is 1. The fourth-order valence-electron chi connectivity index (χ4n) is 1.75. The number of para-hydroxylation sites is 1. The van der Waals surface area contributed by atoms with Gasteiger partial charge in [0.25, 0.3) is 0 Å². The zero-order valence-corrected chi connectivity index (χ0v) is 8.69. The Bertz CT molecular complexity index is 335. The molecule has 82 valence electrons. The molecule has 1 saturated heterocycles. The zero-order chi connectivity index (χ0) is 10.7. The third-order valence-electron chi connectivity index (χ3n) is 2.55. The van der Waals surface area contributed by atoms with Crippen LogP contribution in [0.3, 0.4) is 0 Å². The van der Waals surface area contributed by atoms with Crippen LogP contribution in [0.4, 0.5) is 0 Å². The van der Waals surface area contributed by atoms with E-state index in [1.165, 1.54) is 0 Å². The molecule has 0 aromatic heterocycles. The largest absolute Gasteiger partial charge is 0.504 e. The fraction of sp³-hybridized carbons (Fsp3) is 0.455. The maximum atomic E-state index is 9.92. The van der Waals surface area contributed by atoms with Gasteiger partial charge in [-0.25, -0.2) is 0 Å². The summed E-state index contributed by atoms with van der Waals surface area (Å²) in [4.78, 5) is 0. The smallest absolute Gasteiger partial charge is 0.162 e. The highest BCUT2D eigenvalue weighted by atomic mass is 16.5. The lowest BCUT2D eigenvalue weighted by molar-refractivity contribution is 0.0759. The number of morpholine rings is 1. The SMILES string of the molecule is COc1cccc([C@H]2COCCN2)c1O. The van der Waals surface area contributed by atoms with E-state index in [2.05, 4.69) is 5.32 Å². The van der Waals surface area contributed by atoms with Gasteiger partial charge in [-0.05, 0) is 6.07 Å². The van der Waals surface area contributed by atoms with Crippen molar-refractivity contribution in [3.8, 4) is 11.5 Å². The van der Waals surface area contributed by atoms with Crippen LogP contribution in [0.2, 0.25) is 0 Å². The first-order valence-corrected chi connectivity index (χ1v) is 5.00. The highest BCUT2D eigenvalue weighted by Gasteiger charge is 2.19. The van der Waals surface area contributed by atoms with E-state index in [0.29, 0.717) is 12.4 Å². The monoisotopic (exact) mass is 209 g/mol. The van der Waals surface area contributed by atoms with Gasteiger partial charge in [-0.3, -0.25) is 0 Å².